The van der Waals surface area contributed by atoms with Gasteiger partial charge >= 0.3 is 0 Å². The fourth-order valence-corrected chi connectivity index (χ4v) is 2.71. The van der Waals surface area contributed by atoms with Gasteiger partial charge in [0, 0.05) is 0 Å². The molecule has 2 unspecified atom stereocenters. The molecule has 0 aromatic rings. The van der Waals surface area contributed by atoms with Crippen LogP contribution in [-0.2, 0) is 0 Å². The van der Waals surface area contributed by atoms with E-state index in [1.165, 1.54) is 18.2 Å². The molecule has 0 spiro atoms. The zero-order valence-corrected chi connectivity index (χ0v) is 7.69. The van der Waals surface area contributed by atoms with Crippen LogP contribution in [0.4, 0.5) is 0 Å². The predicted octanol–water partition coefficient (Wildman–Crippen LogP) is 2.67. The minimum absolute atomic E-state index is 1.09. The van der Waals surface area contributed by atoms with Crippen LogP contribution in [0.2, 0.25) is 0 Å². The largest absolute Gasteiger partial charge is 0.114 e. The van der Waals surface area contributed by atoms with Gasteiger partial charge in [0.1, 0.15) is 0 Å². The molecular weight excluding hydrogens is 146 g/mol. The van der Waals surface area contributed by atoms with E-state index in [1.54, 1.807) is 0 Å². The van der Waals surface area contributed by atoms with Gasteiger partial charge in [0.2, 0.25) is 0 Å². The Hall–Kier alpha value is 0.340. The topological polar surface area (TPSA) is 0 Å². The minimum atomic E-state index is 1.09. The highest BCUT2D eigenvalue weighted by molar-refractivity contribution is 7.56. The molecule has 0 amide bonds. The Morgan fingerprint density at radius 3 is 1.78 bits per heavy atom. The van der Waals surface area contributed by atoms with E-state index in [9.17, 15) is 0 Å². The van der Waals surface area contributed by atoms with Crippen LogP contribution in [0.5, 0.6) is 0 Å². The first kappa shape index (κ1) is 9.34. The van der Waals surface area contributed by atoms with Gasteiger partial charge in [0.25, 0.3) is 0 Å². The summed E-state index contributed by atoms with van der Waals surface area (Å²) >= 11 is 0. The van der Waals surface area contributed by atoms with Gasteiger partial charge in [-0.1, -0.05) is 12.2 Å². The molecule has 0 aromatic heterocycles. The van der Waals surface area contributed by atoms with E-state index in [2.05, 4.69) is 13.2 Å². The van der Waals surface area contributed by atoms with E-state index >= 15 is 0 Å². The smallest absolute Gasteiger partial charge is 0.0170 e. The van der Waals surface area contributed by atoms with Gasteiger partial charge in [-0.2, -0.15) is 0 Å². The highest BCUT2D eigenvalue weighted by Gasteiger charge is 1.81. The van der Waals surface area contributed by atoms with E-state index in [1.807, 2.05) is 12.2 Å². The summed E-state index contributed by atoms with van der Waals surface area (Å²) in [6.07, 6.45) is 6.39. The van der Waals surface area contributed by atoms with Crippen LogP contribution in [0, 0.1) is 0 Å². The fourth-order valence-electron chi connectivity index (χ4n) is 0.437. The van der Waals surface area contributed by atoms with Gasteiger partial charge in [-0.15, -0.1) is 30.3 Å². The first-order chi connectivity index (χ1) is 4.41. The van der Waals surface area contributed by atoms with Gasteiger partial charge in [-0.05, 0) is 18.2 Å². The van der Waals surface area contributed by atoms with E-state index in [0.29, 0.717) is 0 Å². The number of allylic oxidation sites excluding steroid dienone is 2. The molecule has 0 aromatic carbocycles. The Bertz CT molecular complexity index is 69.0. The first-order valence-electron chi connectivity index (χ1n) is 3.05. The van der Waals surface area contributed by atoms with Crippen LogP contribution in [0.15, 0.2) is 25.3 Å². The highest BCUT2D eigenvalue weighted by Crippen LogP contribution is 2.22. The van der Waals surface area contributed by atoms with Crippen LogP contribution >= 0.6 is 17.2 Å². The van der Waals surface area contributed by atoms with Gasteiger partial charge < -0.3 is 0 Å². The van der Waals surface area contributed by atoms with Crippen molar-refractivity contribution in [2.45, 2.75) is 0 Å². The SMILES string of the molecule is C=CCPCPCC=C. The number of hydrogen-bond acceptors (Lipinski definition) is 0. The second-order valence-corrected chi connectivity index (χ2v) is 4.89. The average Bonchev–Trinajstić information content (AvgIpc) is 1.89. The van der Waals surface area contributed by atoms with Gasteiger partial charge in [0.15, 0.2) is 0 Å². The normalized spacial score (nSPS) is 11.6. The van der Waals surface area contributed by atoms with Crippen LogP contribution in [0.1, 0.15) is 0 Å². The predicted molar refractivity (Wildman–Crippen MR) is 51.6 cm³/mol. The van der Waals surface area contributed by atoms with E-state index in [4.69, 9.17) is 0 Å². The van der Waals surface area contributed by atoms with Crippen molar-refractivity contribution in [1.82, 2.24) is 0 Å². The summed E-state index contributed by atoms with van der Waals surface area (Å²) in [5, 5.41) is 0. The lowest BCUT2D eigenvalue weighted by Crippen LogP contribution is -1.68. The Labute approximate surface area is 61.4 Å². The summed E-state index contributed by atoms with van der Waals surface area (Å²) in [6.45, 7) is 7.34. The molecule has 2 atom stereocenters. The number of rotatable bonds is 6. The summed E-state index contributed by atoms with van der Waals surface area (Å²) in [6, 6.07) is 0. The van der Waals surface area contributed by atoms with Crippen molar-refractivity contribution < 1.29 is 0 Å². The maximum absolute atomic E-state index is 3.67. The molecule has 0 heterocycles. The molecule has 0 fully saturated rings. The molecule has 0 aliphatic heterocycles. The summed E-state index contributed by atoms with van der Waals surface area (Å²) in [7, 11) is 2.18. The van der Waals surface area contributed by atoms with Crippen molar-refractivity contribution >= 4 is 17.2 Å². The van der Waals surface area contributed by atoms with Gasteiger partial charge in [-0.25, -0.2) is 0 Å². The molecule has 9 heavy (non-hydrogen) atoms. The molecule has 0 radical (unpaired) electrons. The van der Waals surface area contributed by atoms with Crippen LogP contribution in [0.3, 0.4) is 0 Å². The van der Waals surface area contributed by atoms with E-state index in [-0.39, 0.29) is 0 Å². The monoisotopic (exact) mass is 160 g/mol. The van der Waals surface area contributed by atoms with Gasteiger partial charge in [-0.3, -0.25) is 0 Å². The summed E-state index contributed by atoms with van der Waals surface area (Å²) in [4.78, 5) is 0. The Kier molecular flexibility index (Phi) is 8.66. The summed E-state index contributed by atoms with van der Waals surface area (Å²) in [5.74, 6) is 1.37. The highest BCUT2D eigenvalue weighted by atomic mass is 31.1. The maximum Gasteiger partial charge on any atom is -0.0170 e. The summed E-state index contributed by atoms with van der Waals surface area (Å²) in [5.41, 5.74) is 0. The van der Waals surface area contributed by atoms with Crippen molar-refractivity contribution in [2.75, 3.05) is 18.2 Å². The molecule has 0 aliphatic rings. The second-order valence-electron chi connectivity index (χ2n) is 1.66. The third kappa shape index (κ3) is 8.34. The van der Waals surface area contributed by atoms with Crippen molar-refractivity contribution in [1.29, 1.82) is 0 Å². The second kappa shape index (κ2) is 8.34. The molecule has 0 saturated carbocycles. The molecule has 0 saturated heterocycles. The van der Waals surface area contributed by atoms with Crippen LogP contribution in [-0.4, -0.2) is 18.2 Å². The van der Waals surface area contributed by atoms with Crippen LogP contribution < -0.4 is 0 Å². The maximum atomic E-state index is 3.67. The lowest BCUT2D eigenvalue weighted by atomic mass is 10.8. The zero-order chi connectivity index (χ0) is 6.95. The lowest BCUT2D eigenvalue weighted by Gasteiger charge is -1.93. The lowest BCUT2D eigenvalue weighted by molar-refractivity contribution is 1.76. The molecule has 0 N–H and O–H groups in total. The fraction of sp³-hybridized carbons (Fsp3) is 0.429. The third-order valence-electron chi connectivity index (χ3n) is 0.827. The van der Waals surface area contributed by atoms with E-state index in [0.717, 1.165) is 17.2 Å². The molecule has 0 aliphatic carbocycles. The first-order valence-corrected chi connectivity index (χ1v) is 5.88. The van der Waals surface area contributed by atoms with Crippen molar-refractivity contribution in [3.63, 3.8) is 0 Å². The van der Waals surface area contributed by atoms with Crippen molar-refractivity contribution in [2.24, 2.45) is 0 Å². The Morgan fingerprint density at radius 2 is 1.44 bits per heavy atom. The Morgan fingerprint density at radius 1 is 1.00 bits per heavy atom. The minimum Gasteiger partial charge on any atom is -0.114 e. The quantitative estimate of drug-likeness (QED) is 0.318. The third-order valence-corrected chi connectivity index (χ3v) is 3.98. The van der Waals surface area contributed by atoms with Gasteiger partial charge in [0.05, 0.1) is 0 Å². The van der Waals surface area contributed by atoms with Crippen molar-refractivity contribution in [3.8, 4) is 0 Å². The molecule has 0 rings (SSSR count). The summed E-state index contributed by atoms with van der Waals surface area (Å²) < 4.78 is 0. The molecule has 0 nitrogen and oxygen atoms in total. The molecule has 2 heteroatoms. The standard InChI is InChI=1S/C7H14P2/c1-3-5-8-7-9-6-4-2/h3-4,8-9H,1-2,5-7H2. The zero-order valence-electron chi connectivity index (χ0n) is 5.69. The molecular formula is C7H14P2. The molecule has 52 valence electrons. The number of hydrogen-bond donors (Lipinski definition) is 0. The molecule has 0 bridgehead atoms. The Balaban J connectivity index is 2.74. The van der Waals surface area contributed by atoms with E-state index < -0.39 is 0 Å². The average molecular weight is 160 g/mol. The van der Waals surface area contributed by atoms with Crippen LogP contribution in [0.25, 0.3) is 0 Å². The van der Waals surface area contributed by atoms with Crippen molar-refractivity contribution in [3.05, 3.63) is 25.3 Å².